The monoisotopic (exact) mass is 265 g/mol. The maximum absolute atomic E-state index is 8.89. The zero-order chi connectivity index (χ0) is 12.3. The number of nitrogens with one attached hydrogen (secondary N) is 1. The summed E-state index contributed by atoms with van der Waals surface area (Å²) in [6, 6.07) is 2.04. The maximum atomic E-state index is 8.89. The van der Waals surface area contributed by atoms with Crippen LogP contribution in [0.2, 0.25) is 0 Å². The van der Waals surface area contributed by atoms with Gasteiger partial charge in [-0.05, 0) is 18.5 Å². The molecule has 0 spiro atoms. The van der Waals surface area contributed by atoms with Crippen LogP contribution in [-0.2, 0) is 6.42 Å². The van der Waals surface area contributed by atoms with Gasteiger partial charge in [0, 0.05) is 18.3 Å². The Morgan fingerprint density at radius 1 is 1.59 bits per heavy atom. The third kappa shape index (κ3) is 2.72. The highest BCUT2D eigenvalue weighted by molar-refractivity contribution is 7.10. The molecule has 0 amide bonds. The highest BCUT2D eigenvalue weighted by Gasteiger charge is 2.10. The van der Waals surface area contributed by atoms with E-state index in [2.05, 4.69) is 14.7 Å². The molecule has 7 heteroatoms. The van der Waals surface area contributed by atoms with Crippen molar-refractivity contribution >= 4 is 33.7 Å². The van der Waals surface area contributed by atoms with Gasteiger partial charge in [0.25, 0.3) is 0 Å². The van der Waals surface area contributed by atoms with Gasteiger partial charge in [0.05, 0.1) is 10.7 Å². The van der Waals surface area contributed by atoms with Crippen LogP contribution in [0.25, 0.3) is 0 Å². The number of rotatable bonds is 4. The summed E-state index contributed by atoms with van der Waals surface area (Å²) in [5, 5.41) is 15.9. The van der Waals surface area contributed by atoms with Crippen molar-refractivity contribution in [3.05, 3.63) is 21.6 Å². The van der Waals surface area contributed by atoms with E-state index >= 15 is 0 Å². The number of nitrogen functional groups attached to an aromatic ring is 1. The van der Waals surface area contributed by atoms with Gasteiger partial charge in [-0.2, -0.15) is 9.64 Å². The predicted octanol–water partition coefficient (Wildman–Crippen LogP) is 2.02. The number of aromatic nitrogens is 2. The first-order chi connectivity index (χ1) is 8.20. The van der Waals surface area contributed by atoms with Crippen LogP contribution in [0, 0.1) is 18.3 Å². The van der Waals surface area contributed by atoms with E-state index in [1.54, 1.807) is 11.3 Å². The molecule has 2 heterocycles. The number of thiazole rings is 1. The lowest BCUT2D eigenvalue weighted by Gasteiger charge is -2.01. The minimum absolute atomic E-state index is 0.296. The van der Waals surface area contributed by atoms with Gasteiger partial charge in [0.15, 0.2) is 5.82 Å². The van der Waals surface area contributed by atoms with Gasteiger partial charge >= 0.3 is 0 Å². The molecule has 17 heavy (non-hydrogen) atoms. The third-order valence-corrected chi connectivity index (χ3v) is 3.80. The third-order valence-electron chi connectivity index (χ3n) is 2.16. The zero-order valence-corrected chi connectivity index (χ0v) is 10.9. The average molecular weight is 265 g/mol. The van der Waals surface area contributed by atoms with Crippen molar-refractivity contribution in [3.8, 4) is 6.07 Å². The fourth-order valence-corrected chi connectivity index (χ4v) is 2.69. The maximum Gasteiger partial charge on any atom is 0.157 e. The molecule has 2 aromatic heterocycles. The van der Waals surface area contributed by atoms with Crippen molar-refractivity contribution < 1.29 is 0 Å². The molecule has 0 aromatic carbocycles. The Hall–Kier alpha value is -1.65. The molecule has 0 aliphatic rings. The van der Waals surface area contributed by atoms with E-state index < -0.39 is 0 Å². The lowest BCUT2D eigenvalue weighted by Crippen LogP contribution is -2.05. The number of anilines is 2. The van der Waals surface area contributed by atoms with Crippen molar-refractivity contribution in [1.29, 1.82) is 5.26 Å². The molecule has 2 aromatic rings. The van der Waals surface area contributed by atoms with E-state index in [1.165, 1.54) is 11.5 Å². The van der Waals surface area contributed by atoms with E-state index in [0.717, 1.165) is 28.7 Å². The molecule has 0 aliphatic heterocycles. The highest BCUT2D eigenvalue weighted by atomic mass is 32.1. The molecule has 2 rings (SSSR count). The number of nitriles is 1. The summed E-state index contributed by atoms with van der Waals surface area (Å²) < 4.78 is 3.94. The topological polar surface area (TPSA) is 87.6 Å². The fourth-order valence-electron chi connectivity index (χ4n) is 1.36. The minimum Gasteiger partial charge on any atom is -0.382 e. The molecule has 0 atom stereocenters. The molecule has 0 aliphatic carbocycles. The largest absolute Gasteiger partial charge is 0.382 e. The van der Waals surface area contributed by atoms with Gasteiger partial charge in [-0.3, -0.25) is 0 Å². The Bertz CT molecular complexity index is 551. The number of nitrogens with two attached hydrogens (primary N) is 1. The second kappa shape index (κ2) is 5.12. The molecule has 88 valence electrons. The van der Waals surface area contributed by atoms with Crippen LogP contribution in [0.15, 0.2) is 5.38 Å². The first kappa shape index (κ1) is 11.8. The van der Waals surface area contributed by atoms with E-state index in [0.29, 0.717) is 11.4 Å². The minimum atomic E-state index is 0.296. The van der Waals surface area contributed by atoms with E-state index in [9.17, 15) is 0 Å². The van der Waals surface area contributed by atoms with Gasteiger partial charge in [-0.25, -0.2) is 4.98 Å². The van der Waals surface area contributed by atoms with Crippen molar-refractivity contribution in [2.45, 2.75) is 13.3 Å². The second-order valence-corrected chi connectivity index (χ2v) is 5.25. The van der Waals surface area contributed by atoms with Gasteiger partial charge in [-0.15, -0.1) is 11.3 Å². The molecule has 0 saturated heterocycles. The Labute approximate surface area is 107 Å². The first-order valence-corrected chi connectivity index (χ1v) is 6.66. The van der Waals surface area contributed by atoms with Crippen LogP contribution in [0.3, 0.4) is 0 Å². The van der Waals surface area contributed by atoms with Gasteiger partial charge in [0.1, 0.15) is 16.6 Å². The van der Waals surface area contributed by atoms with Crippen molar-refractivity contribution in [1.82, 2.24) is 9.36 Å². The summed E-state index contributed by atoms with van der Waals surface area (Å²) in [6.45, 7) is 2.71. The van der Waals surface area contributed by atoms with Crippen molar-refractivity contribution in [2.24, 2.45) is 0 Å². The Balaban J connectivity index is 1.92. The van der Waals surface area contributed by atoms with Gasteiger partial charge in [0.2, 0.25) is 0 Å². The number of hydrogen-bond acceptors (Lipinski definition) is 7. The standard InChI is InChI=1S/C10H11N5S2/c1-6-14-7(5-16-6)2-3-13-10-8(4-11)9(12)15-17-10/h5,13H,2-3H2,1H3,(H2,12,15). The second-order valence-electron chi connectivity index (χ2n) is 3.42. The van der Waals surface area contributed by atoms with Crippen LogP contribution in [0.1, 0.15) is 16.3 Å². The molecule has 3 N–H and O–H groups in total. The van der Waals surface area contributed by atoms with Gasteiger partial charge < -0.3 is 11.1 Å². The zero-order valence-electron chi connectivity index (χ0n) is 9.23. The first-order valence-electron chi connectivity index (χ1n) is 5.01. The molecule has 0 bridgehead atoms. The van der Waals surface area contributed by atoms with E-state index in [1.807, 2.05) is 18.4 Å². The average Bonchev–Trinajstić information content (AvgIpc) is 2.86. The Morgan fingerprint density at radius 3 is 3.06 bits per heavy atom. The molecule has 0 unspecified atom stereocenters. The lowest BCUT2D eigenvalue weighted by molar-refractivity contribution is 0.971. The molecular weight excluding hydrogens is 254 g/mol. The van der Waals surface area contributed by atoms with Crippen LogP contribution >= 0.6 is 22.9 Å². The number of nitrogens with zero attached hydrogens (tertiary/aromatic N) is 3. The van der Waals surface area contributed by atoms with E-state index in [-0.39, 0.29) is 0 Å². The smallest absolute Gasteiger partial charge is 0.157 e. The van der Waals surface area contributed by atoms with E-state index in [4.69, 9.17) is 11.0 Å². The molecule has 0 fully saturated rings. The number of aryl methyl sites for hydroxylation is 1. The molecule has 5 nitrogen and oxygen atoms in total. The summed E-state index contributed by atoms with van der Waals surface area (Å²) >= 11 is 2.86. The van der Waals surface area contributed by atoms with Gasteiger partial charge in [-0.1, -0.05) is 0 Å². The van der Waals surface area contributed by atoms with Crippen molar-refractivity contribution in [2.75, 3.05) is 17.6 Å². The summed E-state index contributed by atoms with van der Waals surface area (Å²) in [7, 11) is 0. The van der Waals surface area contributed by atoms with Crippen LogP contribution < -0.4 is 11.1 Å². The Morgan fingerprint density at radius 2 is 2.41 bits per heavy atom. The summed E-state index contributed by atoms with van der Waals surface area (Å²) in [5.74, 6) is 0.296. The molecule has 0 saturated carbocycles. The predicted molar refractivity (Wildman–Crippen MR) is 70.3 cm³/mol. The van der Waals surface area contributed by atoms with Crippen molar-refractivity contribution in [3.63, 3.8) is 0 Å². The quantitative estimate of drug-likeness (QED) is 0.883. The molecule has 0 radical (unpaired) electrons. The molecular formula is C10H11N5S2. The fraction of sp³-hybridized carbons (Fsp3) is 0.300. The highest BCUT2D eigenvalue weighted by Crippen LogP contribution is 2.25. The normalized spacial score (nSPS) is 10.1. The number of hydrogen-bond donors (Lipinski definition) is 2. The summed E-state index contributed by atoms with van der Waals surface area (Å²) in [4.78, 5) is 4.37. The van der Waals surface area contributed by atoms with Crippen LogP contribution in [-0.4, -0.2) is 15.9 Å². The lowest BCUT2D eigenvalue weighted by atomic mass is 10.3. The Kier molecular flexibility index (Phi) is 3.56. The summed E-state index contributed by atoms with van der Waals surface area (Å²) in [5.41, 5.74) is 7.06. The van der Waals surface area contributed by atoms with Crippen LogP contribution in [0.5, 0.6) is 0 Å². The van der Waals surface area contributed by atoms with Crippen LogP contribution in [0.4, 0.5) is 10.8 Å². The summed E-state index contributed by atoms with van der Waals surface area (Å²) in [6.07, 6.45) is 0.826. The SMILES string of the molecule is Cc1nc(CCNc2snc(N)c2C#N)cs1.